The van der Waals surface area contributed by atoms with Crippen LogP contribution in [0.1, 0.15) is 5.56 Å². The maximum absolute atomic E-state index is 8.75. The molecular weight excluding hydrogens is 175 g/mol. The summed E-state index contributed by atoms with van der Waals surface area (Å²) in [5.74, 6) is 0.753. The van der Waals surface area contributed by atoms with E-state index in [0.717, 1.165) is 11.3 Å². The minimum absolute atomic E-state index is 0.0593. The Morgan fingerprint density at radius 2 is 1.92 bits per heavy atom. The summed E-state index contributed by atoms with van der Waals surface area (Å²) in [5, 5.41) is 8.75. The van der Waals surface area contributed by atoms with E-state index in [-0.39, 0.29) is 6.61 Å². The molecule has 1 aliphatic heterocycles. The maximum Gasteiger partial charge on any atom is 0.389 e. The number of hydrogen-bond acceptors (Lipinski definition) is 4. The van der Waals surface area contributed by atoms with Crippen LogP contribution in [0.3, 0.4) is 0 Å². The van der Waals surface area contributed by atoms with Crippen molar-refractivity contribution in [1.82, 2.24) is 0 Å². The van der Waals surface area contributed by atoms with Gasteiger partial charge in [-0.3, -0.25) is 0 Å². The summed E-state index contributed by atoms with van der Waals surface area (Å²) < 4.78 is 5.27. The molecule has 2 rings (SSSR count). The summed E-state index contributed by atoms with van der Waals surface area (Å²) in [6.07, 6.45) is 0. The van der Waals surface area contributed by atoms with Crippen molar-refractivity contribution in [3.63, 3.8) is 0 Å². The van der Waals surface area contributed by atoms with Gasteiger partial charge in [0.05, 0.1) is 6.61 Å². The fourth-order valence-corrected chi connectivity index (χ4v) is 1.32. The topological polar surface area (TPSA) is 54.2 Å². The van der Waals surface area contributed by atoms with Crippen molar-refractivity contribution in [3.8, 4) is 5.75 Å². The summed E-state index contributed by atoms with van der Waals surface area (Å²) in [6, 6.07) is 7.23. The molecule has 1 heterocycles. The summed E-state index contributed by atoms with van der Waals surface area (Å²) >= 11 is 0. The second-order valence-corrected chi connectivity index (χ2v) is 3.37. The average molecular weight is 182 g/mol. The molecule has 12 heavy (non-hydrogen) atoms. The molecule has 0 unspecified atom stereocenters. The largest absolute Gasteiger partial charge is 0.432 e. The Balaban J connectivity index is 2.02. The van der Waals surface area contributed by atoms with Gasteiger partial charge in [0.1, 0.15) is 5.75 Å². The standard InChI is InChI=1S/C7H7N2O2P/c10-5-6-1-3-7(4-2-6)11-12-8-9-12/h1-4,10H,5H2. The predicted molar refractivity (Wildman–Crippen MR) is 44.8 cm³/mol. The van der Waals surface area contributed by atoms with Gasteiger partial charge in [-0.25, -0.2) is 0 Å². The molecule has 1 aromatic carbocycles. The van der Waals surface area contributed by atoms with Gasteiger partial charge in [-0.05, 0) is 17.7 Å². The summed E-state index contributed by atoms with van der Waals surface area (Å²) in [4.78, 5) is 7.32. The second-order valence-electron chi connectivity index (χ2n) is 2.32. The van der Waals surface area contributed by atoms with E-state index in [1.54, 1.807) is 12.1 Å². The fourth-order valence-electron chi connectivity index (χ4n) is 0.803. The number of hydrogen-bond donors (Lipinski definition) is 1. The van der Waals surface area contributed by atoms with Crippen LogP contribution in [0, 0.1) is 0 Å². The highest BCUT2D eigenvalue weighted by Crippen LogP contribution is 2.54. The molecule has 0 aliphatic carbocycles. The Morgan fingerprint density at radius 1 is 1.25 bits per heavy atom. The first-order valence-electron chi connectivity index (χ1n) is 3.48. The zero-order chi connectivity index (χ0) is 8.39. The van der Waals surface area contributed by atoms with Crippen molar-refractivity contribution in [3.05, 3.63) is 29.8 Å². The average Bonchev–Trinajstić information content (AvgIpc) is 2.90. The lowest BCUT2D eigenvalue weighted by atomic mass is 10.2. The van der Waals surface area contributed by atoms with E-state index in [1.807, 2.05) is 12.1 Å². The molecule has 0 atom stereocenters. The minimum Gasteiger partial charge on any atom is -0.432 e. The molecule has 4 nitrogen and oxygen atoms in total. The quantitative estimate of drug-likeness (QED) is 0.728. The van der Waals surface area contributed by atoms with E-state index in [4.69, 9.17) is 9.63 Å². The molecule has 0 spiro atoms. The van der Waals surface area contributed by atoms with Crippen LogP contribution in [0.25, 0.3) is 0 Å². The van der Waals surface area contributed by atoms with Gasteiger partial charge in [0, 0.05) is 0 Å². The molecule has 0 fully saturated rings. The van der Waals surface area contributed by atoms with Crippen LogP contribution in [0.15, 0.2) is 34.0 Å². The monoisotopic (exact) mass is 182 g/mol. The lowest BCUT2D eigenvalue weighted by Crippen LogP contribution is -1.82. The highest BCUT2D eigenvalue weighted by molar-refractivity contribution is 7.54. The zero-order valence-corrected chi connectivity index (χ0v) is 7.11. The van der Waals surface area contributed by atoms with Crippen molar-refractivity contribution in [2.45, 2.75) is 6.61 Å². The molecule has 0 amide bonds. The van der Waals surface area contributed by atoms with E-state index in [2.05, 4.69) is 9.77 Å². The molecule has 0 bridgehead atoms. The number of nitrogens with zero attached hydrogens (tertiary/aromatic N) is 2. The lowest BCUT2D eigenvalue weighted by molar-refractivity contribution is 0.282. The summed E-state index contributed by atoms with van der Waals surface area (Å²) in [6.45, 7) is 0.0593. The van der Waals surface area contributed by atoms with Crippen LogP contribution < -0.4 is 4.52 Å². The smallest absolute Gasteiger partial charge is 0.389 e. The van der Waals surface area contributed by atoms with Gasteiger partial charge in [0.25, 0.3) is 0 Å². The molecule has 1 N–H and O–H groups in total. The Labute approximate surface area is 70.8 Å². The van der Waals surface area contributed by atoms with E-state index in [9.17, 15) is 0 Å². The number of rotatable bonds is 3. The van der Waals surface area contributed by atoms with Gasteiger partial charge >= 0.3 is 8.45 Å². The Hall–Kier alpha value is -0.990. The molecule has 0 saturated carbocycles. The first-order valence-corrected chi connectivity index (χ1v) is 4.64. The molecule has 0 aromatic heterocycles. The lowest BCUT2D eigenvalue weighted by Gasteiger charge is -2.00. The van der Waals surface area contributed by atoms with Crippen molar-refractivity contribution in [2.75, 3.05) is 0 Å². The van der Waals surface area contributed by atoms with E-state index in [1.165, 1.54) is 0 Å². The Morgan fingerprint density at radius 3 is 2.42 bits per heavy atom. The van der Waals surface area contributed by atoms with Crippen LogP contribution >= 0.6 is 8.45 Å². The molecule has 0 saturated heterocycles. The Kier molecular flexibility index (Phi) is 2.02. The van der Waals surface area contributed by atoms with Crippen LogP contribution in [0.2, 0.25) is 0 Å². The van der Waals surface area contributed by atoms with Gasteiger partial charge in [0.15, 0.2) is 0 Å². The molecule has 1 aliphatic rings. The second kappa shape index (κ2) is 3.17. The van der Waals surface area contributed by atoms with Crippen LogP contribution in [-0.4, -0.2) is 5.11 Å². The maximum atomic E-state index is 8.75. The van der Waals surface area contributed by atoms with Gasteiger partial charge in [0.2, 0.25) is 0 Å². The highest BCUT2D eigenvalue weighted by atomic mass is 31.2. The first-order chi connectivity index (χ1) is 5.88. The van der Waals surface area contributed by atoms with E-state index >= 15 is 0 Å². The fraction of sp³-hybridized carbons (Fsp3) is 0.143. The van der Waals surface area contributed by atoms with Crippen molar-refractivity contribution in [1.29, 1.82) is 0 Å². The number of aliphatic hydroxyl groups excluding tert-OH is 1. The summed E-state index contributed by atoms with van der Waals surface area (Å²) in [5.41, 5.74) is 0.875. The van der Waals surface area contributed by atoms with Crippen LogP contribution in [0.4, 0.5) is 0 Å². The third-order valence-electron chi connectivity index (χ3n) is 1.46. The third-order valence-corrected chi connectivity index (χ3v) is 2.15. The van der Waals surface area contributed by atoms with Gasteiger partial charge < -0.3 is 9.63 Å². The predicted octanol–water partition coefficient (Wildman–Crippen LogP) is 2.25. The molecule has 0 radical (unpaired) electrons. The van der Waals surface area contributed by atoms with Crippen LogP contribution in [0.5, 0.6) is 5.75 Å². The molecule has 1 aromatic rings. The van der Waals surface area contributed by atoms with Gasteiger partial charge in [-0.1, -0.05) is 21.9 Å². The van der Waals surface area contributed by atoms with Crippen LogP contribution in [-0.2, 0) is 6.61 Å². The molecule has 62 valence electrons. The van der Waals surface area contributed by atoms with Crippen molar-refractivity contribution >= 4 is 8.45 Å². The van der Waals surface area contributed by atoms with E-state index < -0.39 is 8.45 Å². The third kappa shape index (κ3) is 1.78. The van der Waals surface area contributed by atoms with Crippen molar-refractivity contribution in [2.24, 2.45) is 9.77 Å². The molecule has 5 heteroatoms. The normalized spacial score (nSPS) is 14.8. The SMILES string of the molecule is OCc1ccc(OP2N=N2)cc1. The first kappa shape index (κ1) is 7.65. The zero-order valence-electron chi connectivity index (χ0n) is 6.21. The number of aliphatic hydroxyl groups is 1. The molecular formula is C7H7N2O2P. The number of benzene rings is 1. The highest BCUT2D eigenvalue weighted by Gasteiger charge is 2.20. The minimum atomic E-state index is -0.853. The van der Waals surface area contributed by atoms with Crippen molar-refractivity contribution < 1.29 is 9.63 Å². The van der Waals surface area contributed by atoms with Gasteiger partial charge in [-0.2, -0.15) is 0 Å². The summed E-state index contributed by atoms with van der Waals surface area (Å²) in [7, 11) is -0.853. The van der Waals surface area contributed by atoms with Gasteiger partial charge in [-0.15, -0.1) is 0 Å². The van der Waals surface area contributed by atoms with E-state index in [0.29, 0.717) is 0 Å². The Bertz CT molecular complexity index is 293.